The molecule has 2 aromatic heterocycles. The van der Waals surface area contributed by atoms with Gasteiger partial charge in [0.2, 0.25) is 5.76 Å². The molecule has 0 N–H and O–H groups in total. The molecule has 0 fully saturated rings. The second-order valence-corrected chi connectivity index (χ2v) is 9.96. The van der Waals surface area contributed by atoms with Crippen molar-refractivity contribution in [3.8, 4) is 22.1 Å². The van der Waals surface area contributed by atoms with Crippen molar-refractivity contribution in [3.63, 3.8) is 0 Å². The number of rotatable bonds is 9. The lowest BCUT2D eigenvalue weighted by atomic mass is 10.2. The van der Waals surface area contributed by atoms with Crippen molar-refractivity contribution in [2.24, 2.45) is 0 Å². The first-order valence-electron chi connectivity index (χ1n) is 10.1. The van der Waals surface area contributed by atoms with Crippen molar-refractivity contribution < 1.29 is 31.8 Å². The van der Waals surface area contributed by atoms with E-state index in [1.807, 2.05) is 12.1 Å². The number of carbonyl (C=O) groups excluding carboxylic acids is 1. The Kier molecular flexibility index (Phi) is 6.99. The number of benzene rings is 2. The largest absolute Gasteiger partial charge is 0.493 e. The molecule has 0 amide bonds. The van der Waals surface area contributed by atoms with E-state index in [1.165, 1.54) is 35.8 Å². The average Bonchev–Trinajstić information content (AvgIpc) is 3.52. The van der Waals surface area contributed by atoms with Gasteiger partial charge in [0, 0.05) is 10.9 Å². The zero-order valence-corrected chi connectivity index (χ0v) is 20.0. The highest BCUT2D eigenvalue weighted by Gasteiger charge is 2.24. The number of furan rings is 1. The minimum absolute atomic E-state index is 0.104. The molecule has 0 atom stereocenters. The third-order valence-corrected chi connectivity index (χ3v) is 7.52. The van der Waals surface area contributed by atoms with Crippen LogP contribution in [-0.4, -0.2) is 33.6 Å². The van der Waals surface area contributed by atoms with Gasteiger partial charge >= 0.3 is 5.97 Å². The molecule has 0 radical (unpaired) electrons. The summed E-state index contributed by atoms with van der Waals surface area (Å²) in [5.74, 6) is -0.156. The zero-order valence-electron chi connectivity index (χ0n) is 18.4. The summed E-state index contributed by atoms with van der Waals surface area (Å²) >= 11 is 1.37. The van der Waals surface area contributed by atoms with Crippen LogP contribution in [-0.2, 0) is 26.9 Å². The summed E-state index contributed by atoms with van der Waals surface area (Å²) in [6, 6.07) is 15.0. The highest BCUT2D eigenvalue weighted by atomic mass is 32.2. The summed E-state index contributed by atoms with van der Waals surface area (Å²) < 4.78 is 46.7. The first-order chi connectivity index (χ1) is 16.4. The minimum atomic E-state index is -3.65. The van der Waals surface area contributed by atoms with Crippen LogP contribution in [0, 0.1) is 0 Å². The molecule has 8 nitrogen and oxygen atoms in total. The molecule has 10 heteroatoms. The second-order valence-electron chi connectivity index (χ2n) is 7.11. The fourth-order valence-corrected chi connectivity index (χ4v) is 5.50. The van der Waals surface area contributed by atoms with Crippen molar-refractivity contribution in [2.75, 3.05) is 14.2 Å². The molecule has 34 heavy (non-hydrogen) atoms. The Labute approximate surface area is 200 Å². The van der Waals surface area contributed by atoms with E-state index in [1.54, 1.807) is 43.9 Å². The molecule has 0 aliphatic rings. The SMILES string of the molecule is COc1cccc(-c2nc(COC(=O)c3occc3CS(=O)(=O)c3ccccc3)cs2)c1OC. The molecule has 0 saturated carbocycles. The number of esters is 1. The summed E-state index contributed by atoms with van der Waals surface area (Å²) in [6.07, 6.45) is 1.27. The molecular weight excluding hydrogens is 478 g/mol. The van der Waals surface area contributed by atoms with E-state index in [2.05, 4.69) is 4.98 Å². The van der Waals surface area contributed by atoms with Crippen LogP contribution in [0.3, 0.4) is 0 Å². The van der Waals surface area contributed by atoms with Crippen LogP contribution in [0.5, 0.6) is 11.5 Å². The van der Waals surface area contributed by atoms with Gasteiger partial charge in [-0.15, -0.1) is 11.3 Å². The molecule has 0 aliphatic heterocycles. The van der Waals surface area contributed by atoms with Crippen LogP contribution < -0.4 is 9.47 Å². The summed E-state index contributed by atoms with van der Waals surface area (Å²) in [5, 5.41) is 2.44. The average molecular weight is 500 g/mol. The van der Waals surface area contributed by atoms with Crippen LogP contribution in [0.2, 0.25) is 0 Å². The van der Waals surface area contributed by atoms with Gasteiger partial charge in [0.15, 0.2) is 21.3 Å². The first-order valence-corrected chi connectivity index (χ1v) is 12.6. The van der Waals surface area contributed by atoms with E-state index in [-0.39, 0.29) is 28.6 Å². The zero-order chi connectivity index (χ0) is 24.1. The van der Waals surface area contributed by atoms with Crippen molar-refractivity contribution in [1.82, 2.24) is 4.98 Å². The van der Waals surface area contributed by atoms with E-state index < -0.39 is 15.8 Å². The van der Waals surface area contributed by atoms with Gasteiger partial charge in [0.1, 0.15) is 11.6 Å². The van der Waals surface area contributed by atoms with Crippen LogP contribution in [0.25, 0.3) is 10.6 Å². The first kappa shape index (κ1) is 23.5. The molecule has 176 valence electrons. The molecule has 4 rings (SSSR count). The molecule has 0 bridgehead atoms. The molecule has 0 unspecified atom stereocenters. The monoisotopic (exact) mass is 499 g/mol. The number of thiazole rings is 1. The number of ether oxygens (including phenoxy) is 3. The molecule has 2 aromatic carbocycles. The van der Waals surface area contributed by atoms with Gasteiger partial charge in [-0.2, -0.15) is 0 Å². The fourth-order valence-electron chi connectivity index (χ4n) is 3.30. The topological polar surface area (TPSA) is 105 Å². The van der Waals surface area contributed by atoms with Gasteiger partial charge in [-0.1, -0.05) is 24.3 Å². The lowest BCUT2D eigenvalue weighted by Gasteiger charge is -2.10. The minimum Gasteiger partial charge on any atom is -0.493 e. The molecule has 0 saturated heterocycles. The van der Waals surface area contributed by atoms with Crippen LogP contribution in [0.4, 0.5) is 0 Å². The summed E-state index contributed by atoms with van der Waals surface area (Å²) in [4.78, 5) is 17.3. The van der Waals surface area contributed by atoms with Crippen molar-refractivity contribution in [2.45, 2.75) is 17.3 Å². The number of carbonyl (C=O) groups is 1. The van der Waals surface area contributed by atoms with Crippen molar-refractivity contribution in [1.29, 1.82) is 0 Å². The number of aromatic nitrogens is 1. The standard InChI is InChI=1S/C24H21NO7S2/c1-29-20-10-6-9-19(22(20)30-2)23-25-17(14-33-23)13-32-24(26)21-16(11-12-31-21)15-34(27,28)18-7-4-3-5-8-18/h3-12,14H,13,15H2,1-2H3. The Morgan fingerprint density at radius 2 is 1.82 bits per heavy atom. The molecule has 2 heterocycles. The van der Waals surface area contributed by atoms with Gasteiger partial charge < -0.3 is 18.6 Å². The Morgan fingerprint density at radius 3 is 2.56 bits per heavy atom. The van der Waals surface area contributed by atoms with E-state index in [4.69, 9.17) is 18.6 Å². The molecule has 0 spiro atoms. The van der Waals surface area contributed by atoms with Gasteiger partial charge in [-0.3, -0.25) is 0 Å². The Balaban J connectivity index is 1.46. The number of nitrogens with zero attached hydrogens (tertiary/aromatic N) is 1. The van der Waals surface area contributed by atoms with Gasteiger partial charge in [-0.05, 0) is 30.3 Å². The predicted molar refractivity (Wildman–Crippen MR) is 126 cm³/mol. The number of hydrogen-bond acceptors (Lipinski definition) is 9. The third kappa shape index (κ3) is 4.97. The van der Waals surface area contributed by atoms with E-state index in [0.29, 0.717) is 22.2 Å². The van der Waals surface area contributed by atoms with E-state index >= 15 is 0 Å². The maximum atomic E-state index is 12.7. The van der Waals surface area contributed by atoms with Crippen molar-refractivity contribution in [3.05, 3.63) is 83.3 Å². The van der Waals surface area contributed by atoms with Gasteiger partial charge in [-0.25, -0.2) is 18.2 Å². The maximum Gasteiger partial charge on any atom is 0.374 e. The highest BCUT2D eigenvalue weighted by molar-refractivity contribution is 7.90. The van der Waals surface area contributed by atoms with Crippen LogP contribution >= 0.6 is 11.3 Å². The molecule has 0 aliphatic carbocycles. The predicted octanol–water partition coefficient (Wildman–Crippen LogP) is 4.75. The molecular formula is C24H21NO7S2. The normalized spacial score (nSPS) is 11.2. The van der Waals surface area contributed by atoms with Gasteiger partial charge in [0.25, 0.3) is 0 Å². The number of methoxy groups -OCH3 is 2. The van der Waals surface area contributed by atoms with E-state index in [0.717, 1.165) is 5.56 Å². The number of para-hydroxylation sites is 1. The summed E-state index contributed by atoms with van der Waals surface area (Å²) in [7, 11) is -0.537. The van der Waals surface area contributed by atoms with Crippen LogP contribution in [0.1, 0.15) is 21.8 Å². The lowest BCUT2D eigenvalue weighted by molar-refractivity contribution is 0.0430. The van der Waals surface area contributed by atoms with Gasteiger partial charge in [0.05, 0.1) is 42.4 Å². The molecule has 4 aromatic rings. The summed E-state index contributed by atoms with van der Waals surface area (Å²) in [6.45, 7) is -0.104. The van der Waals surface area contributed by atoms with Crippen LogP contribution in [0.15, 0.2) is 75.6 Å². The second kappa shape index (κ2) is 10.1. The Bertz CT molecular complexity index is 1390. The van der Waals surface area contributed by atoms with E-state index in [9.17, 15) is 13.2 Å². The highest BCUT2D eigenvalue weighted by Crippen LogP contribution is 2.39. The Morgan fingerprint density at radius 1 is 1.03 bits per heavy atom. The maximum absolute atomic E-state index is 12.7. The smallest absolute Gasteiger partial charge is 0.374 e. The number of hydrogen-bond donors (Lipinski definition) is 0. The quantitative estimate of drug-likeness (QED) is 0.304. The third-order valence-electron chi connectivity index (χ3n) is 4.92. The fraction of sp³-hybridized carbons (Fsp3) is 0.167. The summed E-state index contributed by atoms with van der Waals surface area (Å²) in [5.41, 5.74) is 1.51. The lowest BCUT2D eigenvalue weighted by Crippen LogP contribution is -2.10. The van der Waals surface area contributed by atoms with Crippen molar-refractivity contribution >= 4 is 27.1 Å². The Hall–Kier alpha value is -3.63. The number of sulfone groups is 1.